The first-order valence-corrected chi connectivity index (χ1v) is 5.24. The number of epoxide rings is 1. The van der Waals surface area contributed by atoms with E-state index in [9.17, 15) is 0 Å². The fraction of sp³-hybridized carbons (Fsp3) is 0.538. The molecule has 0 bridgehead atoms. The smallest absolute Gasteiger partial charge is 0.0988 e. The normalized spacial score (nSPS) is 17.2. The van der Waals surface area contributed by atoms with Crippen molar-refractivity contribution in [1.29, 1.82) is 0 Å². The summed E-state index contributed by atoms with van der Waals surface area (Å²) in [6.07, 6.45) is 10.4. The second-order valence-electron chi connectivity index (χ2n) is 2.87. The Morgan fingerprint density at radius 3 is 1.79 bits per heavy atom. The minimum Gasteiger partial charge on any atom is -0.369 e. The molecule has 1 aliphatic rings. The van der Waals surface area contributed by atoms with E-state index in [0.717, 1.165) is 6.61 Å². The van der Waals surface area contributed by atoms with E-state index in [4.69, 9.17) is 4.74 Å². The van der Waals surface area contributed by atoms with Gasteiger partial charge in [-0.15, -0.1) is 6.58 Å². The van der Waals surface area contributed by atoms with Gasteiger partial charge < -0.3 is 4.74 Å². The minimum atomic E-state index is 0.398. The van der Waals surface area contributed by atoms with Crippen LogP contribution < -0.4 is 0 Å². The zero-order chi connectivity index (χ0) is 11.2. The Morgan fingerprint density at radius 2 is 1.79 bits per heavy atom. The number of allylic oxidation sites excluding steroid dienone is 3. The molecule has 82 valence electrons. The molecule has 14 heavy (non-hydrogen) atoms. The number of hydrogen-bond acceptors (Lipinski definition) is 1. The van der Waals surface area contributed by atoms with E-state index in [0.29, 0.717) is 6.10 Å². The van der Waals surface area contributed by atoms with E-state index >= 15 is 0 Å². The largest absolute Gasteiger partial charge is 0.369 e. The molecule has 0 radical (unpaired) electrons. The van der Waals surface area contributed by atoms with Crippen molar-refractivity contribution in [2.75, 3.05) is 6.61 Å². The van der Waals surface area contributed by atoms with Gasteiger partial charge in [-0.25, -0.2) is 0 Å². The number of ether oxygens (including phenoxy) is 1. The highest BCUT2D eigenvalue weighted by molar-refractivity contribution is 4.94. The molecular formula is C13H24O. The number of rotatable bonds is 3. The van der Waals surface area contributed by atoms with Crippen LogP contribution in [0, 0.1) is 0 Å². The first-order chi connectivity index (χ1) is 6.76. The quantitative estimate of drug-likeness (QED) is 0.376. The lowest BCUT2D eigenvalue weighted by molar-refractivity contribution is 0.440. The van der Waals surface area contributed by atoms with Crippen LogP contribution in [0.5, 0.6) is 0 Å². The predicted octanol–water partition coefficient (Wildman–Crippen LogP) is 4.13. The summed E-state index contributed by atoms with van der Waals surface area (Å²) in [5, 5.41) is 0. The van der Waals surface area contributed by atoms with E-state index in [1.807, 2.05) is 19.1 Å². The van der Waals surface area contributed by atoms with Gasteiger partial charge in [-0.05, 0) is 6.92 Å². The van der Waals surface area contributed by atoms with Gasteiger partial charge in [0.1, 0.15) is 0 Å². The van der Waals surface area contributed by atoms with Crippen LogP contribution in [-0.2, 0) is 4.74 Å². The van der Waals surface area contributed by atoms with Crippen LogP contribution in [0.4, 0.5) is 0 Å². The number of unbranched alkanes of at least 4 members (excludes halogenated alkanes) is 1. The Labute approximate surface area is 89.2 Å². The molecule has 0 aromatic rings. The van der Waals surface area contributed by atoms with Crippen molar-refractivity contribution < 1.29 is 4.74 Å². The molecular weight excluding hydrogens is 172 g/mol. The first kappa shape index (κ1) is 15.6. The topological polar surface area (TPSA) is 12.5 Å². The van der Waals surface area contributed by atoms with Gasteiger partial charge in [0, 0.05) is 0 Å². The summed E-state index contributed by atoms with van der Waals surface area (Å²) in [5.74, 6) is 0. The van der Waals surface area contributed by atoms with Crippen molar-refractivity contribution in [1.82, 2.24) is 0 Å². The molecule has 1 heterocycles. The Hall–Kier alpha value is -0.820. The predicted molar refractivity (Wildman–Crippen MR) is 65.5 cm³/mol. The van der Waals surface area contributed by atoms with Gasteiger partial charge in [0.25, 0.3) is 0 Å². The summed E-state index contributed by atoms with van der Waals surface area (Å²) in [6, 6.07) is 0. The van der Waals surface area contributed by atoms with Gasteiger partial charge in [0.15, 0.2) is 0 Å². The average Bonchev–Trinajstić information content (AvgIpc) is 3.03. The fourth-order valence-corrected chi connectivity index (χ4v) is 0.328. The molecule has 0 spiro atoms. The lowest BCUT2D eigenvalue weighted by atomic mass is 10.4. The molecule has 1 nitrogen and oxygen atoms in total. The summed E-state index contributed by atoms with van der Waals surface area (Å²) < 4.78 is 4.74. The Morgan fingerprint density at radius 1 is 1.29 bits per heavy atom. The van der Waals surface area contributed by atoms with Crippen molar-refractivity contribution in [2.24, 2.45) is 0 Å². The zero-order valence-corrected chi connectivity index (χ0v) is 9.83. The van der Waals surface area contributed by atoms with E-state index in [1.54, 1.807) is 12.2 Å². The molecule has 0 N–H and O–H groups in total. The summed E-state index contributed by atoms with van der Waals surface area (Å²) in [6.45, 7) is 14.2. The van der Waals surface area contributed by atoms with Crippen LogP contribution in [0.3, 0.4) is 0 Å². The van der Waals surface area contributed by atoms with E-state index < -0.39 is 0 Å². The van der Waals surface area contributed by atoms with Crippen molar-refractivity contribution >= 4 is 0 Å². The summed E-state index contributed by atoms with van der Waals surface area (Å²) in [5.41, 5.74) is 0. The maximum Gasteiger partial charge on any atom is 0.0988 e. The molecule has 1 unspecified atom stereocenters. The second-order valence-corrected chi connectivity index (χ2v) is 2.87. The Bertz CT molecular complexity index is 141. The molecule has 0 aromatic carbocycles. The highest BCUT2D eigenvalue weighted by Crippen LogP contribution is 2.07. The van der Waals surface area contributed by atoms with Crippen LogP contribution in [0.1, 0.15) is 33.6 Å². The maximum absolute atomic E-state index is 4.74. The standard InChI is InChI=1S/C5H8.C4H6O.C4H10/c1-3-5-4-2;1-2-4-3-5-4;1-3-4-2/h3-5H,1H2,2H3;2,4H,1,3H2;3-4H2,1-2H3. The van der Waals surface area contributed by atoms with Gasteiger partial charge in [-0.2, -0.15) is 0 Å². The highest BCUT2D eigenvalue weighted by Gasteiger charge is 2.16. The summed E-state index contributed by atoms with van der Waals surface area (Å²) >= 11 is 0. The first-order valence-electron chi connectivity index (χ1n) is 5.24. The third kappa shape index (κ3) is 22.5. The second kappa shape index (κ2) is 14.7. The van der Waals surface area contributed by atoms with Crippen LogP contribution in [0.25, 0.3) is 0 Å². The van der Waals surface area contributed by atoms with Crippen molar-refractivity contribution in [2.45, 2.75) is 39.7 Å². The fourth-order valence-electron chi connectivity index (χ4n) is 0.328. The van der Waals surface area contributed by atoms with Crippen molar-refractivity contribution in [3.05, 3.63) is 37.5 Å². The highest BCUT2D eigenvalue weighted by atomic mass is 16.6. The zero-order valence-electron chi connectivity index (χ0n) is 9.83. The third-order valence-electron chi connectivity index (χ3n) is 1.45. The number of hydrogen-bond donors (Lipinski definition) is 0. The van der Waals surface area contributed by atoms with Gasteiger partial charge in [0.2, 0.25) is 0 Å². The molecule has 1 fully saturated rings. The van der Waals surface area contributed by atoms with Gasteiger partial charge in [-0.3, -0.25) is 0 Å². The molecule has 0 amide bonds. The molecule has 1 atom stereocenters. The SMILES string of the molecule is C=CC1CO1.C=CC=CC.CCCC. The van der Waals surface area contributed by atoms with Crippen molar-refractivity contribution in [3.63, 3.8) is 0 Å². The monoisotopic (exact) mass is 196 g/mol. The Kier molecular flexibility index (Phi) is 16.4. The molecule has 1 heteroatoms. The Balaban J connectivity index is 0. The van der Waals surface area contributed by atoms with E-state index in [1.165, 1.54) is 12.8 Å². The molecule has 1 aliphatic heterocycles. The molecule has 1 rings (SSSR count). The molecule has 0 aromatic heterocycles. The van der Waals surface area contributed by atoms with Crippen LogP contribution in [0.2, 0.25) is 0 Å². The minimum absolute atomic E-state index is 0.398. The van der Waals surface area contributed by atoms with Gasteiger partial charge >= 0.3 is 0 Å². The van der Waals surface area contributed by atoms with Crippen LogP contribution >= 0.6 is 0 Å². The van der Waals surface area contributed by atoms with Crippen molar-refractivity contribution in [3.8, 4) is 0 Å². The molecule has 0 aliphatic carbocycles. The average molecular weight is 196 g/mol. The summed E-state index contributed by atoms with van der Waals surface area (Å²) in [4.78, 5) is 0. The van der Waals surface area contributed by atoms with E-state index in [2.05, 4.69) is 27.0 Å². The van der Waals surface area contributed by atoms with Crippen LogP contribution in [0.15, 0.2) is 37.5 Å². The molecule has 0 saturated carbocycles. The summed E-state index contributed by atoms with van der Waals surface area (Å²) in [7, 11) is 0. The van der Waals surface area contributed by atoms with E-state index in [-0.39, 0.29) is 0 Å². The lowest BCUT2D eigenvalue weighted by Crippen LogP contribution is -1.65. The lowest BCUT2D eigenvalue weighted by Gasteiger charge is -1.68. The van der Waals surface area contributed by atoms with Gasteiger partial charge in [-0.1, -0.05) is 57.6 Å². The maximum atomic E-state index is 4.74. The van der Waals surface area contributed by atoms with Gasteiger partial charge in [0.05, 0.1) is 12.7 Å². The third-order valence-corrected chi connectivity index (χ3v) is 1.45. The molecule has 1 saturated heterocycles. The van der Waals surface area contributed by atoms with Crippen LogP contribution in [-0.4, -0.2) is 12.7 Å².